The third-order valence-corrected chi connectivity index (χ3v) is 2.51. The molecule has 0 radical (unpaired) electrons. The molecule has 0 atom stereocenters. The van der Waals surface area contributed by atoms with Gasteiger partial charge in [-0.15, -0.1) is 0 Å². The Morgan fingerprint density at radius 1 is 0.875 bits per heavy atom. The van der Waals surface area contributed by atoms with Crippen molar-refractivity contribution in [2.75, 3.05) is 0 Å². The summed E-state index contributed by atoms with van der Waals surface area (Å²) in [6.07, 6.45) is 3.22. The van der Waals surface area contributed by atoms with Crippen molar-refractivity contribution < 1.29 is 14.3 Å². The predicted octanol–water partition coefficient (Wildman–Crippen LogP) is 1.79. The first-order valence-electron chi connectivity index (χ1n) is 4.79. The summed E-state index contributed by atoms with van der Waals surface area (Å²) in [4.78, 5) is 22.5. The van der Waals surface area contributed by atoms with E-state index in [-0.39, 0.29) is 0 Å². The zero-order chi connectivity index (χ0) is 11.1. The number of carbonyl (C=O) groups is 2. The van der Waals surface area contributed by atoms with Crippen LogP contribution in [0.1, 0.15) is 20.7 Å². The van der Waals surface area contributed by atoms with Gasteiger partial charge in [0.15, 0.2) is 0 Å². The van der Waals surface area contributed by atoms with Crippen LogP contribution in [-0.2, 0) is 4.74 Å². The molecule has 0 spiro atoms. The van der Waals surface area contributed by atoms with Crippen LogP contribution in [0.4, 0.5) is 0 Å². The van der Waals surface area contributed by atoms with E-state index < -0.39 is 11.9 Å². The second-order valence-electron chi connectivity index (χ2n) is 3.51. The van der Waals surface area contributed by atoms with Crippen LogP contribution in [0.3, 0.4) is 0 Å². The van der Waals surface area contributed by atoms with E-state index in [1.54, 1.807) is 17.0 Å². The number of rotatable bonds is 1. The van der Waals surface area contributed by atoms with Gasteiger partial charge in [-0.3, -0.25) is 0 Å². The highest BCUT2D eigenvalue weighted by Crippen LogP contribution is 2.22. The summed E-state index contributed by atoms with van der Waals surface area (Å²) < 4.78 is 6.21. The summed E-state index contributed by atoms with van der Waals surface area (Å²) in [5, 5.41) is 0. The number of hydrogen-bond donors (Lipinski definition) is 0. The molecule has 0 N–H and O–H groups in total. The van der Waals surface area contributed by atoms with Gasteiger partial charge < -0.3 is 9.30 Å². The van der Waals surface area contributed by atoms with Crippen LogP contribution >= 0.6 is 0 Å². The van der Waals surface area contributed by atoms with Crippen molar-refractivity contribution in [2.45, 2.75) is 0 Å². The number of carbonyl (C=O) groups excluding carboxylic acids is 2. The van der Waals surface area contributed by atoms with Crippen LogP contribution in [0, 0.1) is 0 Å². The minimum atomic E-state index is -0.574. The van der Waals surface area contributed by atoms with Crippen LogP contribution in [0.15, 0.2) is 42.7 Å². The highest BCUT2D eigenvalue weighted by atomic mass is 16.6. The number of nitrogens with zero attached hydrogens (tertiary/aromatic N) is 1. The van der Waals surface area contributed by atoms with Gasteiger partial charge in [-0.1, -0.05) is 18.2 Å². The molecule has 4 nitrogen and oxygen atoms in total. The predicted molar refractivity (Wildman–Crippen MR) is 55.5 cm³/mol. The fraction of sp³-hybridized carbons (Fsp3) is 0. The number of benzene rings is 1. The molecule has 1 aliphatic heterocycles. The van der Waals surface area contributed by atoms with Gasteiger partial charge in [0.05, 0.1) is 11.1 Å². The molecule has 0 saturated heterocycles. The highest BCUT2D eigenvalue weighted by Gasteiger charge is 2.31. The summed E-state index contributed by atoms with van der Waals surface area (Å²) in [5.74, 6) is -1.15. The Balaban J connectivity index is 2.14. The second-order valence-corrected chi connectivity index (χ2v) is 3.51. The monoisotopic (exact) mass is 213 g/mol. The zero-order valence-corrected chi connectivity index (χ0v) is 8.21. The molecular weight excluding hydrogens is 206 g/mol. The first-order chi connectivity index (χ1) is 7.75. The minimum absolute atomic E-state index is 0.328. The van der Waals surface area contributed by atoms with Crippen LogP contribution in [-0.4, -0.2) is 16.5 Å². The first-order valence-corrected chi connectivity index (χ1v) is 4.79. The van der Waals surface area contributed by atoms with E-state index in [0.717, 1.165) is 5.69 Å². The number of hydrogen-bond acceptors (Lipinski definition) is 3. The van der Waals surface area contributed by atoms with Gasteiger partial charge in [0.2, 0.25) is 0 Å². The second kappa shape index (κ2) is 3.06. The Labute approximate surface area is 91.1 Å². The minimum Gasteiger partial charge on any atom is -0.386 e. The Morgan fingerprint density at radius 3 is 2.00 bits per heavy atom. The maximum Gasteiger partial charge on any atom is 0.348 e. The molecule has 0 amide bonds. The molecule has 3 rings (SSSR count). The van der Waals surface area contributed by atoms with E-state index in [2.05, 4.69) is 4.74 Å². The van der Waals surface area contributed by atoms with Crippen LogP contribution in [0.25, 0.3) is 5.69 Å². The van der Waals surface area contributed by atoms with Crippen molar-refractivity contribution in [3.63, 3.8) is 0 Å². The van der Waals surface area contributed by atoms with Crippen molar-refractivity contribution in [2.24, 2.45) is 0 Å². The average molecular weight is 213 g/mol. The Kier molecular flexibility index (Phi) is 1.71. The Hall–Kier alpha value is -2.36. The number of para-hydroxylation sites is 1. The Bertz CT molecular complexity index is 552. The van der Waals surface area contributed by atoms with E-state index in [1.165, 1.54) is 0 Å². The summed E-state index contributed by atoms with van der Waals surface area (Å²) in [5.41, 5.74) is 1.56. The molecule has 78 valence electrons. The molecule has 0 aliphatic carbocycles. The maximum atomic E-state index is 11.3. The van der Waals surface area contributed by atoms with Gasteiger partial charge in [-0.2, -0.15) is 0 Å². The number of esters is 2. The third-order valence-electron chi connectivity index (χ3n) is 2.51. The molecule has 4 heteroatoms. The largest absolute Gasteiger partial charge is 0.386 e. The van der Waals surface area contributed by atoms with Gasteiger partial charge in [0.25, 0.3) is 0 Å². The van der Waals surface area contributed by atoms with Gasteiger partial charge in [-0.05, 0) is 12.1 Å². The molecule has 1 aliphatic rings. The lowest BCUT2D eigenvalue weighted by atomic mass is 10.2. The highest BCUT2D eigenvalue weighted by molar-refractivity contribution is 6.14. The van der Waals surface area contributed by atoms with Crippen molar-refractivity contribution in [3.8, 4) is 5.69 Å². The summed E-state index contributed by atoms with van der Waals surface area (Å²) in [6, 6.07) is 9.47. The lowest BCUT2D eigenvalue weighted by molar-refractivity contribution is 0.0442. The normalized spacial score (nSPS) is 13.8. The smallest absolute Gasteiger partial charge is 0.348 e. The molecule has 1 aromatic carbocycles. The van der Waals surface area contributed by atoms with Crippen molar-refractivity contribution in [1.82, 2.24) is 4.57 Å². The number of cyclic esters (lactones) is 2. The van der Waals surface area contributed by atoms with E-state index in [0.29, 0.717) is 11.1 Å². The van der Waals surface area contributed by atoms with Crippen LogP contribution in [0.5, 0.6) is 0 Å². The van der Waals surface area contributed by atoms with E-state index in [9.17, 15) is 9.59 Å². The van der Waals surface area contributed by atoms with Gasteiger partial charge in [0, 0.05) is 18.1 Å². The van der Waals surface area contributed by atoms with Crippen molar-refractivity contribution in [1.29, 1.82) is 0 Å². The SMILES string of the molecule is O=C1OC(=O)c2cn(-c3ccccc3)cc21. The molecule has 2 aromatic rings. The van der Waals surface area contributed by atoms with E-state index >= 15 is 0 Å². The summed E-state index contributed by atoms with van der Waals surface area (Å²) >= 11 is 0. The number of ether oxygens (including phenoxy) is 1. The van der Waals surface area contributed by atoms with E-state index in [1.807, 2.05) is 30.3 Å². The topological polar surface area (TPSA) is 48.3 Å². The standard InChI is InChI=1S/C12H7NO3/c14-11-9-6-13(7-10(9)12(15)16-11)8-4-2-1-3-5-8/h1-7H. The molecule has 0 fully saturated rings. The lowest BCUT2D eigenvalue weighted by Crippen LogP contribution is -2.00. The lowest BCUT2D eigenvalue weighted by Gasteiger charge is -2.01. The number of aromatic nitrogens is 1. The van der Waals surface area contributed by atoms with Crippen molar-refractivity contribution >= 4 is 11.9 Å². The fourth-order valence-electron chi connectivity index (χ4n) is 1.72. The van der Waals surface area contributed by atoms with E-state index in [4.69, 9.17) is 0 Å². The Morgan fingerprint density at radius 2 is 1.44 bits per heavy atom. The van der Waals surface area contributed by atoms with Crippen molar-refractivity contribution in [3.05, 3.63) is 53.9 Å². The fourth-order valence-corrected chi connectivity index (χ4v) is 1.72. The molecule has 0 bridgehead atoms. The summed E-state index contributed by atoms with van der Waals surface area (Å²) in [6.45, 7) is 0. The third kappa shape index (κ3) is 1.16. The zero-order valence-electron chi connectivity index (χ0n) is 8.21. The molecule has 1 aromatic heterocycles. The molecule has 16 heavy (non-hydrogen) atoms. The maximum absolute atomic E-state index is 11.3. The summed E-state index contributed by atoms with van der Waals surface area (Å²) in [7, 11) is 0. The molecular formula is C12H7NO3. The molecule has 2 heterocycles. The van der Waals surface area contributed by atoms with Gasteiger partial charge >= 0.3 is 11.9 Å². The van der Waals surface area contributed by atoms with Crippen LogP contribution in [0.2, 0.25) is 0 Å². The molecule has 0 unspecified atom stereocenters. The van der Waals surface area contributed by atoms with Gasteiger partial charge in [0.1, 0.15) is 0 Å². The van der Waals surface area contributed by atoms with Gasteiger partial charge in [-0.25, -0.2) is 9.59 Å². The first kappa shape index (κ1) is 8.91. The molecule has 0 saturated carbocycles. The van der Waals surface area contributed by atoms with Crippen LogP contribution < -0.4 is 0 Å². The number of fused-ring (bicyclic) bond motifs is 1. The quantitative estimate of drug-likeness (QED) is 0.536. The average Bonchev–Trinajstić information content (AvgIpc) is 2.83.